The van der Waals surface area contributed by atoms with Crippen LogP contribution in [-0.2, 0) is 31.2 Å². The van der Waals surface area contributed by atoms with Crippen molar-refractivity contribution in [1.29, 1.82) is 0 Å². The number of alkyl halides is 6. The molecule has 0 bridgehead atoms. The number of nitrogens with zero attached hydrogens (tertiary/aromatic N) is 2. The Kier molecular flexibility index (Phi) is 7.05. The zero-order chi connectivity index (χ0) is 25.5. The van der Waals surface area contributed by atoms with Crippen LogP contribution in [0.2, 0.25) is 5.02 Å². The van der Waals surface area contributed by atoms with Gasteiger partial charge in [-0.3, -0.25) is 4.98 Å². The molecule has 16 heteroatoms. The Hall–Kier alpha value is -2.23. The summed E-state index contributed by atoms with van der Waals surface area (Å²) in [5.41, 5.74) is -10.6. The summed E-state index contributed by atoms with van der Waals surface area (Å²) in [5.74, 6) is -2.64. The number of hydrogen-bond donors (Lipinski definition) is 0. The molecular weight excluding hydrogens is 554 g/mol. The molecule has 0 spiro atoms. The van der Waals surface area contributed by atoms with Crippen molar-refractivity contribution in [3.63, 3.8) is 0 Å². The Morgan fingerprint density at radius 3 is 2.09 bits per heavy atom. The highest BCUT2D eigenvalue weighted by atomic mass is 35.5. The minimum absolute atomic E-state index is 0.0709. The second kappa shape index (κ2) is 9.09. The Morgan fingerprint density at radius 2 is 1.50 bits per heavy atom. The van der Waals surface area contributed by atoms with Gasteiger partial charge in [0, 0.05) is 22.7 Å². The predicted octanol–water partition coefficient (Wildman–Crippen LogP) is 5.39. The maximum Gasteiger partial charge on any atom is 0.497 e. The average molecular weight is 565 g/mol. The minimum Gasteiger partial charge on any atom is -0.260 e. The van der Waals surface area contributed by atoms with Crippen LogP contribution in [0.1, 0.15) is 11.3 Å². The Bertz CT molecular complexity index is 1430. The first-order valence-corrected chi connectivity index (χ1v) is 13.3. The third kappa shape index (κ3) is 5.70. The van der Waals surface area contributed by atoms with Crippen molar-refractivity contribution in [3.05, 3.63) is 58.2 Å². The molecule has 0 unspecified atom stereocenters. The lowest BCUT2D eigenvalue weighted by molar-refractivity contribution is -0.0443. The number of sulfone groups is 2. The van der Waals surface area contributed by atoms with Crippen molar-refractivity contribution in [3.8, 4) is 21.8 Å². The van der Waals surface area contributed by atoms with Crippen molar-refractivity contribution in [2.75, 3.05) is 0 Å². The van der Waals surface area contributed by atoms with Gasteiger partial charge in [0.25, 0.3) is 19.7 Å². The molecule has 0 amide bonds. The summed E-state index contributed by atoms with van der Waals surface area (Å²) >= 11 is 7.15. The first kappa shape index (κ1) is 26.4. The van der Waals surface area contributed by atoms with Gasteiger partial charge in [-0.25, -0.2) is 21.8 Å². The number of aromatic nitrogens is 2. The maximum atomic E-state index is 12.6. The normalized spacial score (nSPS) is 13.3. The van der Waals surface area contributed by atoms with Gasteiger partial charge >= 0.3 is 11.0 Å². The van der Waals surface area contributed by atoms with E-state index in [1.807, 2.05) is 0 Å². The summed E-state index contributed by atoms with van der Waals surface area (Å²) in [5, 5.41) is 1.72. The van der Waals surface area contributed by atoms with Crippen LogP contribution in [-0.4, -0.2) is 37.8 Å². The molecule has 34 heavy (non-hydrogen) atoms. The molecule has 0 N–H and O–H groups in total. The summed E-state index contributed by atoms with van der Waals surface area (Å²) in [7, 11) is -10.8. The van der Waals surface area contributed by atoms with Crippen molar-refractivity contribution in [1.82, 2.24) is 9.97 Å². The van der Waals surface area contributed by atoms with Crippen LogP contribution in [0.4, 0.5) is 26.3 Å². The number of pyridine rings is 1. The maximum absolute atomic E-state index is 12.6. The van der Waals surface area contributed by atoms with Gasteiger partial charge in [0.15, 0.2) is 0 Å². The van der Waals surface area contributed by atoms with E-state index in [-0.39, 0.29) is 38.1 Å². The number of rotatable bonds is 6. The molecule has 0 fully saturated rings. The monoisotopic (exact) mass is 564 g/mol. The highest BCUT2D eigenvalue weighted by Crippen LogP contribution is 2.35. The number of halogens is 7. The second-order valence-corrected chi connectivity index (χ2v) is 12.0. The van der Waals surface area contributed by atoms with Crippen LogP contribution in [0.25, 0.3) is 21.8 Å². The third-order valence-electron chi connectivity index (χ3n) is 4.28. The summed E-state index contributed by atoms with van der Waals surface area (Å²) in [4.78, 5) is 7.92. The van der Waals surface area contributed by atoms with Gasteiger partial charge in [-0.1, -0.05) is 23.7 Å². The number of benzene rings is 1. The zero-order valence-electron chi connectivity index (χ0n) is 16.4. The summed E-state index contributed by atoms with van der Waals surface area (Å²) in [6.45, 7) is 0. The van der Waals surface area contributed by atoms with Crippen molar-refractivity contribution >= 4 is 42.6 Å². The van der Waals surface area contributed by atoms with Gasteiger partial charge < -0.3 is 0 Å². The van der Waals surface area contributed by atoms with E-state index in [4.69, 9.17) is 11.6 Å². The van der Waals surface area contributed by atoms with E-state index >= 15 is 0 Å². The molecule has 0 aliphatic rings. The van der Waals surface area contributed by atoms with E-state index in [0.29, 0.717) is 0 Å². The van der Waals surface area contributed by atoms with Crippen molar-refractivity contribution in [2.24, 2.45) is 0 Å². The molecule has 1 aromatic carbocycles. The number of thiazole rings is 1. The Balaban J connectivity index is 1.86. The molecule has 0 atom stereocenters. The van der Waals surface area contributed by atoms with Gasteiger partial charge in [-0.2, -0.15) is 26.3 Å². The lowest BCUT2D eigenvalue weighted by atomic mass is 10.1. The van der Waals surface area contributed by atoms with E-state index in [0.717, 1.165) is 35.7 Å². The lowest BCUT2D eigenvalue weighted by Gasteiger charge is -2.09. The van der Waals surface area contributed by atoms with Gasteiger partial charge in [0.05, 0.1) is 22.2 Å². The molecule has 0 saturated carbocycles. The zero-order valence-corrected chi connectivity index (χ0v) is 19.6. The standard InChI is InChI=1S/C18H11ClF6N2O4S3/c19-14-5-10(8-33(28,29)17(20,21)22)1-2-13(14)15-7-32-16(27-15)11-3-4-26-12(6-11)9-34(30,31)18(23,24)25/h1-7H,8-9H2. The highest BCUT2D eigenvalue weighted by molar-refractivity contribution is 7.91. The first-order chi connectivity index (χ1) is 15.5. The molecule has 6 nitrogen and oxygen atoms in total. The van der Waals surface area contributed by atoms with Gasteiger partial charge in [0.2, 0.25) is 0 Å². The molecule has 184 valence electrons. The largest absolute Gasteiger partial charge is 0.497 e. The Morgan fingerprint density at radius 1 is 0.882 bits per heavy atom. The van der Waals surface area contributed by atoms with Crippen LogP contribution in [0.15, 0.2) is 41.9 Å². The summed E-state index contributed by atoms with van der Waals surface area (Å²) in [6.07, 6.45) is 1.13. The molecule has 3 aromatic rings. The Labute approximate surface area is 198 Å². The topological polar surface area (TPSA) is 94.1 Å². The minimum atomic E-state index is -5.43. The van der Waals surface area contributed by atoms with Gasteiger partial charge in [-0.15, -0.1) is 11.3 Å². The van der Waals surface area contributed by atoms with Crippen LogP contribution < -0.4 is 0 Å². The fourth-order valence-electron chi connectivity index (χ4n) is 2.65. The van der Waals surface area contributed by atoms with E-state index in [1.54, 1.807) is 0 Å². The quantitative estimate of drug-likeness (QED) is 0.372. The van der Waals surface area contributed by atoms with E-state index in [9.17, 15) is 43.2 Å². The third-order valence-corrected chi connectivity index (χ3v) is 8.28. The SMILES string of the molecule is O=S(=O)(Cc1ccc(-c2csc(-c3ccnc(CS(=O)(=O)C(F)(F)F)c3)n2)c(Cl)c1)C(F)(F)F. The van der Waals surface area contributed by atoms with E-state index in [2.05, 4.69) is 9.97 Å². The smallest absolute Gasteiger partial charge is 0.260 e. The molecule has 0 saturated heterocycles. The van der Waals surface area contributed by atoms with Gasteiger partial charge in [0.1, 0.15) is 10.8 Å². The first-order valence-electron chi connectivity index (χ1n) is 8.78. The molecule has 2 heterocycles. The van der Waals surface area contributed by atoms with Crippen molar-refractivity contribution < 1.29 is 43.2 Å². The molecular formula is C18H11ClF6N2O4S3. The van der Waals surface area contributed by atoms with E-state index in [1.165, 1.54) is 17.5 Å². The molecule has 0 aliphatic heterocycles. The van der Waals surface area contributed by atoms with Gasteiger partial charge in [-0.05, 0) is 23.8 Å². The summed E-state index contributed by atoms with van der Waals surface area (Å²) < 4.78 is 121. The van der Waals surface area contributed by atoms with Crippen LogP contribution in [0.3, 0.4) is 0 Å². The molecule has 3 rings (SSSR count). The molecule has 0 aliphatic carbocycles. The van der Waals surface area contributed by atoms with Crippen LogP contribution in [0, 0.1) is 0 Å². The second-order valence-electron chi connectivity index (χ2n) is 6.80. The fraction of sp³-hybridized carbons (Fsp3) is 0.222. The highest BCUT2D eigenvalue weighted by Gasteiger charge is 2.46. The number of hydrogen-bond acceptors (Lipinski definition) is 7. The molecule has 2 aromatic heterocycles. The summed E-state index contributed by atoms with van der Waals surface area (Å²) in [6, 6.07) is 6.04. The average Bonchev–Trinajstić information content (AvgIpc) is 3.16. The predicted molar refractivity (Wildman–Crippen MR) is 113 cm³/mol. The van der Waals surface area contributed by atoms with Crippen molar-refractivity contribution in [2.45, 2.75) is 22.5 Å². The van der Waals surface area contributed by atoms with Crippen LogP contribution in [0.5, 0.6) is 0 Å². The van der Waals surface area contributed by atoms with E-state index < -0.39 is 42.2 Å². The van der Waals surface area contributed by atoms with Crippen LogP contribution >= 0.6 is 22.9 Å². The lowest BCUT2D eigenvalue weighted by Crippen LogP contribution is -2.25. The fourth-order valence-corrected chi connectivity index (χ4v) is 5.26. The molecule has 0 radical (unpaired) electrons.